The zero-order valence-electron chi connectivity index (χ0n) is 19.4. The summed E-state index contributed by atoms with van der Waals surface area (Å²) in [6.07, 6.45) is 3.58. The molecule has 0 N–H and O–H groups in total. The molecule has 3 heterocycles. The summed E-state index contributed by atoms with van der Waals surface area (Å²) in [4.78, 5) is 5.73. The number of amidine groups is 1. The Labute approximate surface area is 188 Å². The molecule has 0 fully saturated rings. The van der Waals surface area contributed by atoms with E-state index in [1.807, 2.05) is 36.4 Å². The first-order valence-electron chi connectivity index (χ1n) is 11.1. The van der Waals surface area contributed by atoms with Gasteiger partial charge in [0.1, 0.15) is 0 Å². The number of rotatable bonds is 0. The second kappa shape index (κ2) is 6.50. The molecule has 0 saturated heterocycles. The van der Waals surface area contributed by atoms with Crippen LogP contribution in [-0.4, -0.2) is 12.8 Å². The minimum absolute atomic E-state index is 0.0604. The van der Waals surface area contributed by atoms with E-state index in [1.54, 1.807) is 24.3 Å². The van der Waals surface area contributed by atoms with E-state index in [0.717, 1.165) is 31.4 Å². The lowest BCUT2D eigenvalue weighted by Crippen LogP contribution is -2.73. The Morgan fingerprint density at radius 1 is 0.812 bits per heavy atom. The van der Waals surface area contributed by atoms with Crippen molar-refractivity contribution in [3.63, 3.8) is 0 Å². The number of pyridine rings is 1. The third-order valence-corrected chi connectivity index (χ3v) is 6.47. The summed E-state index contributed by atoms with van der Waals surface area (Å²) >= 11 is 0. The van der Waals surface area contributed by atoms with Crippen molar-refractivity contribution in [2.75, 3.05) is 4.81 Å². The normalized spacial score (nSPS) is 17.0. The van der Waals surface area contributed by atoms with Crippen molar-refractivity contribution < 1.29 is 13.1 Å². The molecular weight excluding hydrogens is 403 g/mol. The maximum absolute atomic E-state index is 16.2. The SMILES string of the molecule is CC(C)(C)c1ccc2c(c1)C=CC1=Nc3ccc4cc(C(C)(C)C)ccc4[n+]3[B-](F)(F)N12. The second-order valence-corrected chi connectivity index (χ2v) is 10.9. The summed E-state index contributed by atoms with van der Waals surface area (Å²) in [5.41, 5.74) is 3.88. The second-order valence-electron chi connectivity index (χ2n) is 10.9. The minimum Gasteiger partial charge on any atom is -0.414 e. The zero-order chi connectivity index (χ0) is 23.1. The first-order valence-corrected chi connectivity index (χ1v) is 11.1. The van der Waals surface area contributed by atoms with Gasteiger partial charge in [-0.05, 0) is 68.9 Å². The first kappa shape index (κ1) is 20.9. The van der Waals surface area contributed by atoms with Gasteiger partial charge in [0, 0.05) is 23.2 Å². The fraction of sp³-hybridized carbons (Fsp3) is 0.308. The van der Waals surface area contributed by atoms with Gasteiger partial charge < -0.3 is 17.9 Å². The summed E-state index contributed by atoms with van der Waals surface area (Å²) in [5, 5.41) is 0.789. The van der Waals surface area contributed by atoms with E-state index >= 15 is 8.63 Å². The highest BCUT2D eigenvalue weighted by Gasteiger charge is 2.51. The van der Waals surface area contributed by atoms with Crippen LogP contribution in [-0.2, 0) is 10.8 Å². The molecule has 0 bridgehead atoms. The molecule has 3 nitrogen and oxygen atoms in total. The maximum Gasteiger partial charge on any atom is 0.642 e. The van der Waals surface area contributed by atoms with Crippen molar-refractivity contribution >= 4 is 41.3 Å². The molecule has 2 aliphatic rings. The van der Waals surface area contributed by atoms with E-state index in [2.05, 4.69) is 46.5 Å². The highest BCUT2D eigenvalue weighted by molar-refractivity contribution is 6.69. The number of benzene rings is 2. The van der Waals surface area contributed by atoms with Crippen molar-refractivity contribution in [1.82, 2.24) is 0 Å². The van der Waals surface area contributed by atoms with E-state index in [4.69, 9.17) is 0 Å². The van der Waals surface area contributed by atoms with Gasteiger partial charge in [-0.2, -0.15) is 0 Å². The van der Waals surface area contributed by atoms with Crippen LogP contribution in [0.1, 0.15) is 58.2 Å². The molecule has 6 heteroatoms. The number of aliphatic imine (C=N–C) groups is 1. The van der Waals surface area contributed by atoms with Gasteiger partial charge in [-0.3, -0.25) is 0 Å². The molecule has 1 aromatic heterocycles. The van der Waals surface area contributed by atoms with Gasteiger partial charge in [-0.25, -0.2) is 0 Å². The van der Waals surface area contributed by atoms with E-state index in [0.29, 0.717) is 11.2 Å². The molecule has 0 amide bonds. The molecule has 164 valence electrons. The van der Waals surface area contributed by atoms with Crippen LogP contribution in [0.2, 0.25) is 0 Å². The highest BCUT2D eigenvalue weighted by atomic mass is 19.2. The van der Waals surface area contributed by atoms with Crippen molar-refractivity contribution in [3.05, 3.63) is 71.3 Å². The van der Waals surface area contributed by atoms with Gasteiger partial charge in [0.25, 0.3) is 5.82 Å². The van der Waals surface area contributed by atoms with Gasteiger partial charge in [0.05, 0.1) is 5.52 Å². The predicted molar refractivity (Wildman–Crippen MR) is 130 cm³/mol. The van der Waals surface area contributed by atoms with Crippen molar-refractivity contribution in [2.45, 2.75) is 52.4 Å². The lowest BCUT2D eigenvalue weighted by Gasteiger charge is -2.41. The lowest BCUT2D eigenvalue weighted by atomic mass is 9.82. The topological polar surface area (TPSA) is 19.5 Å². The van der Waals surface area contributed by atoms with Crippen molar-refractivity contribution in [2.24, 2.45) is 4.99 Å². The van der Waals surface area contributed by atoms with E-state index in [9.17, 15) is 0 Å². The van der Waals surface area contributed by atoms with Crippen LogP contribution in [0.25, 0.3) is 17.0 Å². The van der Waals surface area contributed by atoms with Crippen LogP contribution in [0, 0.1) is 0 Å². The Morgan fingerprint density at radius 3 is 2.16 bits per heavy atom. The van der Waals surface area contributed by atoms with Gasteiger partial charge in [0.2, 0.25) is 5.84 Å². The molecule has 0 unspecified atom stereocenters. The quantitative estimate of drug-likeness (QED) is 0.371. The predicted octanol–water partition coefficient (Wildman–Crippen LogP) is 6.52. The molecule has 2 aliphatic heterocycles. The number of fused-ring (bicyclic) bond motifs is 6. The highest BCUT2D eigenvalue weighted by Crippen LogP contribution is 2.38. The Morgan fingerprint density at radius 2 is 1.47 bits per heavy atom. The molecule has 0 spiro atoms. The van der Waals surface area contributed by atoms with Crippen LogP contribution in [0.4, 0.5) is 20.1 Å². The first-order chi connectivity index (χ1) is 14.9. The summed E-state index contributed by atoms with van der Waals surface area (Å²) in [7, 11) is 0. The molecule has 5 rings (SSSR count). The van der Waals surface area contributed by atoms with Gasteiger partial charge in [-0.1, -0.05) is 53.7 Å². The van der Waals surface area contributed by atoms with Crippen LogP contribution in [0.5, 0.6) is 0 Å². The zero-order valence-corrected chi connectivity index (χ0v) is 19.4. The number of hydrogen-bond acceptors (Lipinski definition) is 2. The molecule has 0 saturated carbocycles. The molecule has 3 aromatic rings. The van der Waals surface area contributed by atoms with Crippen molar-refractivity contribution in [1.29, 1.82) is 0 Å². The third-order valence-electron chi connectivity index (χ3n) is 6.47. The Hall–Kier alpha value is -3.02. The molecule has 0 aliphatic carbocycles. The average molecular weight is 431 g/mol. The minimum atomic E-state index is -4.14. The van der Waals surface area contributed by atoms with Gasteiger partial charge in [-0.15, -0.1) is 0 Å². The third kappa shape index (κ3) is 3.07. The number of aromatic nitrogens is 1. The molecule has 0 atom stereocenters. The Bertz CT molecular complexity index is 1330. The molecule has 2 aromatic carbocycles. The number of anilines is 1. The number of nitrogens with zero attached hydrogens (tertiary/aromatic N) is 3. The van der Waals surface area contributed by atoms with Gasteiger partial charge >= 0.3 is 6.97 Å². The number of hydrogen-bond donors (Lipinski definition) is 0. The van der Waals surface area contributed by atoms with Gasteiger partial charge in [0.15, 0.2) is 0 Å². The molecular formula is C26H28BF2N3. The molecule has 0 radical (unpaired) electrons. The fourth-order valence-corrected chi connectivity index (χ4v) is 4.55. The lowest BCUT2D eigenvalue weighted by molar-refractivity contribution is -0.524. The summed E-state index contributed by atoms with van der Waals surface area (Å²) < 4.78 is 33.6. The van der Waals surface area contributed by atoms with Crippen LogP contribution in [0.15, 0.2) is 59.6 Å². The standard InChI is InChI=1S/C26H28BF2N3/c1-25(2,3)19-9-11-21-17(15-19)7-13-23-30-24-14-8-18-16-20(26(4,5)6)10-12-22(18)32(24)27(28,29)31(21)23/h7-16H,1-6H3. The Kier molecular flexibility index (Phi) is 4.24. The number of halogens is 2. The van der Waals surface area contributed by atoms with E-state index in [1.165, 1.54) is 0 Å². The summed E-state index contributed by atoms with van der Waals surface area (Å²) in [5.74, 6) is 0.549. The average Bonchev–Trinajstić information content (AvgIpc) is 2.70. The monoisotopic (exact) mass is 431 g/mol. The smallest absolute Gasteiger partial charge is 0.414 e. The summed E-state index contributed by atoms with van der Waals surface area (Å²) in [6, 6.07) is 15.1. The summed E-state index contributed by atoms with van der Waals surface area (Å²) in [6.45, 7) is 8.60. The van der Waals surface area contributed by atoms with E-state index in [-0.39, 0.29) is 22.5 Å². The van der Waals surface area contributed by atoms with E-state index < -0.39 is 6.97 Å². The van der Waals surface area contributed by atoms with Crippen LogP contribution < -0.4 is 9.29 Å². The van der Waals surface area contributed by atoms with Crippen LogP contribution in [0.3, 0.4) is 0 Å². The van der Waals surface area contributed by atoms with Crippen molar-refractivity contribution in [3.8, 4) is 0 Å². The Balaban J connectivity index is 1.72. The largest absolute Gasteiger partial charge is 0.642 e. The molecule has 32 heavy (non-hydrogen) atoms. The fourth-order valence-electron chi connectivity index (χ4n) is 4.55. The van der Waals surface area contributed by atoms with Crippen LogP contribution >= 0.6 is 0 Å². The maximum atomic E-state index is 16.2.